The van der Waals surface area contributed by atoms with Crippen molar-refractivity contribution in [3.05, 3.63) is 89.0 Å². The minimum atomic E-state index is -1.03. The summed E-state index contributed by atoms with van der Waals surface area (Å²) in [5, 5.41) is 12.3. The molecule has 0 amide bonds. The van der Waals surface area contributed by atoms with E-state index < -0.39 is 10.8 Å². The Balaban J connectivity index is 1.90. The molecule has 164 valence electrons. The first-order chi connectivity index (χ1) is 15.4. The lowest BCUT2D eigenvalue weighted by Gasteiger charge is -2.16. The van der Waals surface area contributed by atoms with Crippen LogP contribution in [0.15, 0.2) is 71.6 Å². The topological polar surface area (TPSA) is 62.2 Å². The van der Waals surface area contributed by atoms with Crippen LogP contribution in [-0.2, 0) is 17.3 Å². The van der Waals surface area contributed by atoms with E-state index in [0.29, 0.717) is 23.9 Å². The van der Waals surface area contributed by atoms with Crippen molar-refractivity contribution < 1.29 is 8.95 Å². The summed E-state index contributed by atoms with van der Waals surface area (Å²) in [6.07, 6.45) is 7.00. The molecule has 0 spiro atoms. The number of hydrogen-bond acceptors (Lipinski definition) is 4. The molecule has 0 radical (unpaired) electrons. The van der Waals surface area contributed by atoms with Crippen LogP contribution in [0.5, 0.6) is 5.75 Å². The molecule has 1 unspecified atom stereocenters. The molecule has 0 aliphatic rings. The van der Waals surface area contributed by atoms with Gasteiger partial charge in [0.05, 0.1) is 5.71 Å². The summed E-state index contributed by atoms with van der Waals surface area (Å²) >= 11 is 0. The first-order valence-corrected chi connectivity index (χ1v) is 12.0. The van der Waals surface area contributed by atoms with Crippen LogP contribution in [-0.4, -0.2) is 22.8 Å². The van der Waals surface area contributed by atoms with Crippen molar-refractivity contribution >= 4 is 22.2 Å². The number of terminal acetylenes is 1. The summed E-state index contributed by atoms with van der Waals surface area (Å²) in [7, 11) is -1.03. The first-order valence-electron chi connectivity index (χ1n) is 10.4. The molecular formula is C27H28N2O2S. The summed E-state index contributed by atoms with van der Waals surface area (Å²) < 4.78 is 17.4. The quantitative estimate of drug-likeness (QED) is 0.334. The van der Waals surface area contributed by atoms with Crippen LogP contribution in [0.3, 0.4) is 0 Å². The normalized spacial score (nSPS) is 11.6. The Morgan fingerprint density at radius 1 is 1.12 bits per heavy atom. The highest BCUT2D eigenvalue weighted by atomic mass is 32.2. The van der Waals surface area contributed by atoms with Gasteiger partial charge in [-0.3, -0.25) is 9.62 Å². The van der Waals surface area contributed by atoms with E-state index in [2.05, 4.69) is 37.2 Å². The second kappa shape index (κ2) is 10.8. The lowest BCUT2D eigenvalue weighted by molar-refractivity contribution is 0.370. The Bertz CT molecular complexity index is 1160. The number of hydrogen-bond donors (Lipinski definition) is 2. The Hall–Kier alpha value is -3.36. The van der Waals surface area contributed by atoms with E-state index >= 15 is 0 Å². The number of rotatable bonds is 9. The molecule has 0 bridgehead atoms. The summed E-state index contributed by atoms with van der Waals surface area (Å²) in [6, 6.07) is 21.4. The van der Waals surface area contributed by atoms with Crippen molar-refractivity contribution in [2.75, 3.05) is 18.2 Å². The van der Waals surface area contributed by atoms with E-state index in [1.165, 1.54) is 5.56 Å². The largest absolute Gasteiger partial charge is 0.481 e. The zero-order chi connectivity index (χ0) is 23.1. The van der Waals surface area contributed by atoms with E-state index in [1.807, 2.05) is 54.6 Å². The average molecular weight is 445 g/mol. The predicted molar refractivity (Wildman–Crippen MR) is 133 cm³/mol. The predicted octanol–water partition coefficient (Wildman–Crippen LogP) is 5.59. The summed E-state index contributed by atoms with van der Waals surface area (Å²) in [6.45, 7) is 5.02. The molecular weight excluding hydrogens is 416 g/mol. The maximum Gasteiger partial charge on any atom is 0.148 e. The summed E-state index contributed by atoms with van der Waals surface area (Å²) in [5.74, 6) is 3.53. The lowest BCUT2D eigenvalue weighted by atomic mass is 9.96. The standard InChI is InChI=1S/C27H28N2O2S/c1-5-15-31-23-13-14-26(29-18-20-7-6-8-24(16-20)32(4)30)25(17-23)27(28)22-11-9-21(10-12-22)19(2)3/h1,6-14,16-17,19,28-29H,15,18H2,2-4H3. The molecule has 0 saturated carbocycles. The molecule has 1 atom stereocenters. The Morgan fingerprint density at radius 2 is 1.88 bits per heavy atom. The Kier molecular flexibility index (Phi) is 7.86. The van der Waals surface area contributed by atoms with Crippen molar-refractivity contribution in [1.29, 1.82) is 5.41 Å². The van der Waals surface area contributed by atoms with Crippen molar-refractivity contribution in [3.63, 3.8) is 0 Å². The average Bonchev–Trinajstić information content (AvgIpc) is 2.81. The SMILES string of the molecule is C#CCOc1ccc(NCc2cccc(S(C)=O)c2)c(C(=N)c2ccc(C(C)C)cc2)c1. The molecule has 0 heterocycles. The van der Waals surface area contributed by atoms with Crippen molar-refractivity contribution in [3.8, 4) is 18.1 Å². The van der Waals surface area contributed by atoms with Crippen molar-refractivity contribution in [2.24, 2.45) is 0 Å². The molecule has 0 aliphatic heterocycles. The van der Waals surface area contributed by atoms with Gasteiger partial charge in [0.25, 0.3) is 0 Å². The zero-order valence-corrected chi connectivity index (χ0v) is 19.5. The number of anilines is 1. The van der Waals surface area contributed by atoms with Gasteiger partial charge in [0.15, 0.2) is 0 Å². The van der Waals surface area contributed by atoms with E-state index in [1.54, 1.807) is 6.26 Å². The van der Waals surface area contributed by atoms with Gasteiger partial charge in [-0.05, 0) is 47.4 Å². The van der Waals surface area contributed by atoms with Crippen LogP contribution in [0.4, 0.5) is 5.69 Å². The molecule has 0 fully saturated rings. The van der Waals surface area contributed by atoms with Gasteiger partial charge in [0.1, 0.15) is 12.4 Å². The summed E-state index contributed by atoms with van der Waals surface area (Å²) in [5.41, 5.74) is 5.03. The van der Waals surface area contributed by atoms with Crippen LogP contribution >= 0.6 is 0 Å². The van der Waals surface area contributed by atoms with Gasteiger partial charge in [-0.2, -0.15) is 0 Å². The van der Waals surface area contributed by atoms with Gasteiger partial charge in [-0.15, -0.1) is 6.42 Å². The Morgan fingerprint density at radius 3 is 2.53 bits per heavy atom. The van der Waals surface area contributed by atoms with Crippen LogP contribution in [0.25, 0.3) is 0 Å². The van der Waals surface area contributed by atoms with Gasteiger partial charge in [0, 0.05) is 45.3 Å². The fourth-order valence-corrected chi connectivity index (χ4v) is 3.91. The van der Waals surface area contributed by atoms with Gasteiger partial charge in [-0.25, -0.2) is 0 Å². The highest BCUT2D eigenvalue weighted by Crippen LogP contribution is 2.26. The van der Waals surface area contributed by atoms with Gasteiger partial charge in [-0.1, -0.05) is 56.2 Å². The molecule has 5 heteroatoms. The molecule has 0 aliphatic carbocycles. The third-order valence-corrected chi connectivity index (χ3v) is 6.08. The van der Waals surface area contributed by atoms with Crippen LogP contribution in [0.2, 0.25) is 0 Å². The molecule has 0 saturated heterocycles. The third-order valence-electron chi connectivity index (χ3n) is 5.16. The highest BCUT2D eigenvalue weighted by Gasteiger charge is 2.13. The lowest BCUT2D eigenvalue weighted by Crippen LogP contribution is -2.09. The van der Waals surface area contributed by atoms with Crippen molar-refractivity contribution in [2.45, 2.75) is 31.2 Å². The maximum absolute atomic E-state index is 11.8. The van der Waals surface area contributed by atoms with Gasteiger partial charge < -0.3 is 10.1 Å². The van der Waals surface area contributed by atoms with E-state index in [0.717, 1.165) is 27.3 Å². The second-order valence-corrected chi connectivity index (χ2v) is 9.19. The molecule has 4 nitrogen and oxygen atoms in total. The number of nitrogens with one attached hydrogen (secondary N) is 2. The Labute approximate surface area is 193 Å². The highest BCUT2D eigenvalue weighted by molar-refractivity contribution is 7.84. The first kappa shape index (κ1) is 23.3. The summed E-state index contributed by atoms with van der Waals surface area (Å²) in [4.78, 5) is 0.792. The molecule has 0 aromatic heterocycles. The fourth-order valence-electron chi connectivity index (χ4n) is 3.32. The fraction of sp³-hybridized carbons (Fsp3) is 0.222. The molecule has 3 rings (SSSR count). The molecule has 3 aromatic rings. The van der Waals surface area contributed by atoms with Crippen LogP contribution < -0.4 is 10.1 Å². The zero-order valence-electron chi connectivity index (χ0n) is 18.6. The third kappa shape index (κ3) is 5.87. The monoisotopic (exact) mass is 444 g/mol. The van der Waals surface area contributed by atoms with Crippen LogP contribution in [0.1, 0.15) is 42.0 Å². The smallest absolute Gasteiger partial charge is 0.148 e. The number of benzene rings is 3. The molecule has 32 heavy (non-hydrogen) atoms. The minimum absolute atomic E-state index is 0.170. The minimum Gasteiger partial charge on any atom is -0.481 e. The van der Waals surface area contributed by atoms with E-state index in [-0.39, 0.29) is 6.61 Å². The number of ether oxygens (including phenoxy) is 1. The van der Waals surface area contributed by atoms with Gasteiger partial charge >= 0.3 is 0 Å². The second-order valence-electron chi connectivity index (χ2n) is 7.81. The van der Waals surface area contributed by atoms with Crippen LogP contribution in [0, 0.1) is 17.8 Å². The van der Waals surface area contributed by atoms with E-state index in [4.69, 9.17) is 16.6 Å². The maximum atomic E-state index is 11.8. The van der Waals surface area contributed by atoms with Crippen molar-refractivity contribution in [1.82, 2.24) is 0 Å². The molecule has 2 N–H and O–H groups in total. The van der Waals surface area contributed by atoms with Gasteiger partial charge in [0.2, 0.25) is 0 Å². The van der Waals surface area contributed by atoms with E-state index in [9.17, 15) is 4.21 Å². The molecule has 3 aromatic carbocycles.